The largest absolute Gasteiger partial charge is 0.496 e. The molecule has 8 heteroatoms. The maximum atomic E-state index is 12.7. The number of hydrogen-bond acceptors (Lipinski definition) is 5. The number of nitrogens with one attached hydrogen (secondary N) is 1. The maximum Gasteiger partial charge on any atom is 0.275 e. The number of nitrogens with zero attached hydrogens (tertiary/aromatic N) is 2. The molecule has 3 aromatic rings. The van der Waals surface area contributed by atoms with Crippen LogP contribution in [0.15, 0.2) is 47.3 Å². The second kappa shape index (κ2) is 5.65. The molecule has 0 saturated carbocycles. The Morgan fingerprint density at radius 1 is 1.26 bits per heavy atom. The number of methoxy groups -OCH3 is 1. The molecule has 0 unspecified atom stereocenters. The zero-order valence-electron chi connectivity index (χ0n) is 12.0. The van der Waals surface area contributed by atoms with Crippen molar-refractivity contribution in [1.82, 2.24) is 9.55 Å². The summed E-state index contributed by atoms with van der Waals surface area (Å²) in [6.07, 6.45) is 0. The number of fused-ring (bicyclic) bond motifs is 1. The van der Waals surface area contributed by atoms with Gasteiger partial charge in [0, 0.05) is 12.1 Å². The lowest BCUT2D eigenvalue weighted by atomic mass is 10.2. The molecular weight excluding hydrogens is 318 g/mol. The van der Waals surface area contributed by atoms with Crippen molar-refractivity contribution in [3.63, 3.8) is 0 Å². The van der Waals surface area contributed by atoms with Crippen molar-refractivity contribution < 1.29 is 9.66 Å². The molecule has 116 valence electrons. The molecule has 0 aliphatic heterocycles. The molecule has 1 N–H and O–H groups in total. The maximum absolute atomic E-state index is 12.7. The van der Waals surface area contributed by atoms with Crippen LogP contribution < -0.4 is 10.3 Å². The van der Waals surface area contributed by atoms with Crippen molar-refractivity contribution in [2.24, 2.45) is 0 Å². The van der Waals surface area contributed by atoms with Gasteiger partial charge in [-0.05, 0) is 24.4 Å². The van der Waals surface area contributed by atoms with E-state index < -0.39 is 4.92 Å². The summed E-state index contributed by atoms with van der Waals surface area (Å²) in [5, 5.41) is 11.5. The zero-order chi connectivity index (χ0) is 16.6. The van der Waals surface area contributed by atoms with Gasteiger partial charge in [-0.25, -0.2) is 0 Å². The lowest BCUT2D eigenvalue weighted by Gasteiger charge is -2.09. The Balaban J connectivity index is 2.37. The number of H-pyrrole nitrogens is 1. The molecule has 2 aromatic carbocycles. The number of rotatable bonds is 3. The van der Waals surface area contributed by atoms with Crippen molar-refractivity contribution in [3.05, 3.63) is 67.7 Å². The number of non-ortho nitro benzene ring substituents is 1. The third-order valence-corrected chi connectivity index (χ3v) is 3.67. The predicted octanol–water partition coefficient (Wildman–Crippen LogP) is 2.97. The van der Waals surface area contributed by atoms with Gasteiger partial charge in [-0.1, -0.05) is 12.1 Å². The van der Waals surface area contributed by atoms with Crippen LogP contribution in [0.3, 0.4) is 0 Å². The fourth-order valence-electron chi connectivity index (χ4n) is 2.32. The second-order valence-corrected chi connectivity index (χ2v) is 5.15. The fourth-order valence-corrected chi connectivity index (χ4v) is 2.62. The summed E-state index contributed by atoms with van der Waals surface area (Å²) in [6, 6.07) is 11.0. The van der Waals surface area contributed by atoms with Crippen LogP contribution in [0, 0.1) is 14.9 Å². The van der Waals surface area contributed by atoms with Crippen LogP contribution in [-0.4, -0.2) is 21.6 Å². The van der Waals surface area contributed by atoms with Crippen molar-refractivity contribution in [1.29, 1.82) is 0 Å². The molecular formula is C15H11N3O4S. The smallest absolute Gasteiger partial charge is 0.275 e. The normalized spacial score (nSPS) is 10.7. The molecule has 0 saturated heterocycles. The Bertz CT molecular complexity index is 1040. The first-order valence-corrected chi connectivity index (χ1v) is 7.00. The predicted molar refractivity (Wildman–Crippen MR) is 87.9 cm³/mol. The molecule has 1 aromatic heterocycles. The average Bonchev–Trinajstić information content (AvgIpc) is 2.54. The first-order chi connectivity index (χ1) is 11.0. The van der Waals surface area contributed by atoms with Gasteiger partial charge in [0.2, 0.25) is 0 Å². The van der Waals surface area contributed by atoms with E-state index in [9.17, 15) is 14.9 Å². The van der Waals surface area contributed by atoms with Crippen molar-refractivity contribution in [3.8, 4) is 11.4 Å². The van der Waals surface area contributed by atoms with Gasteiger partial charge in [-0.15, -0.1) is 0 Å². The summed E-state index contributed by atoms with van der Waals surface area (Å²) >= 11 is 5.23. The van der Waals surface area contributed by atoms with E-state index in [1.807, 2.05) is 0 Å². The van der Waals surface area contributed by atoms with Crippen LogP contribution in [0.4, 0.5) is 5.69 Å². The molecule has 0 atom stereocenters. The van der Waals surface area contributed by atoms with E-state index in [0.717, 1.165) is 0 Å². The molecule has 1 heterocycles. The molecule has 0 aliphatic rings. The molecule has 0 spiro atoms. The monoisotopic (exact) mass is 329 g/mol. The Kier molecular flexibility index (Phi) is 3.67. The number of aromatic amines is 1. The summed E-state index contributed by atoms with van der Waals surface area (Å²) in [5.74, 6) is 0.267. The molecule has 0 radical (unpaired) electrons. The Morgan fingerprint density at radius 2 is 2.00 bits per heavy atom. The van der Waals surface area contributed by atoms with E-state index in [1.165, 1.54) is 29.9 Å². The summed E-state index contributed by atoms with van der Waals surface area (Å²) in [5.41, 5.74) is 0.338. The standard InChI is InChI=1S/C15H11N3O4S/c1-22-11-7-9(6-10(8-11)18(20)21)17-14(19)12-4-2-3-5-13(12)16-15(17)23/h2-8H,1H3,(H,16,23). The van der Waals surface area contributed by atoms with Gasteiger partial charge in [0.05, 0.1) is 34.7 Å². The number of nitro groups is 1. The van der Waals surface area contributed by atoms with Gasteiger partial charge in [0.25, 0.3) is 11.2 Å². The van der Waals surface area contributed by atoms with Gasteiger partial charge in [0.1, 0.15) is 5.75 Å². The molecule has 0 aliphatic carbocycles. The first-order valence-electron chi connectivity index (χ1n) is 6.59. The molecule has 7 nitrogen and oxygen atoms in total. The summed E-state index contributed by atoms with van der Waals surface area (Å²) < 4.78 is 6.44. The van der Waals surface area contributed by atoms with E-state index in [1.54, 1.807) is 24.3 Å². The van der Waals surface area contributed by atoms with E-state index in [0.29, 0.717) is 10.9 Å². The van der Waals surface area contributed by atoms with Crippen LogP contribution >= 0.6 is 12.2 Å². The summed E-state index contributed by atoms with van der Waals surface area (Å²) in [4.78, 5) is 26.2. The quantitative estimate of drug-likeness (QED) is 0.453. The fraction of sp³-hybridized carbons (Fsp3) is 0.0667. The van der Waals surface area contributed by atoms with Crippen molar-refractivity contribution in [2.75, 3.05) is 7.11 Å². The number of nitro benzene ring substituents is 1. The zero-order valence-corrected chi connectivity index (χ0v) is 12.8. The van der Waals surface area contributed by atoms with Gasteiger partial charge in [0.15, 0.2) is 4.77 Å². The van der Waals surface area contributed by atoms with E-state index in [-0.39, 0.29) is 27.5 Å². The van der Waals surface area contributed by atoms with Crippen LogP contribution in [0.2, 0.25) is 0 Å². The Morgan fingerprint density at radius 3 is 2.70 bits per heavy atom. The van der Waals surface area contributed by atoms with Crippen LogP contribution in [0.5, 0.6) is 5.75 Å². The molecule has 23 heavy (non-hydrogen) atoms. The van der Waals surface area contributed by atoms with Gasteiger partial charge in [-0.2, -0.15) is 0 Å². The molecule has 3 rings (SSSR count). The highest BCUT2D eigenvalue weighted by Crippen LogP contribution is 2.24. The minimum absolute atomic E-state index is 0.149. The average molecular weight is 329 g/mol. The third-order valence-electron chi connectivity index (χ3n) is 3.39. The number of hydrogen-bond donors (Lipinski definition) is 1. The van der Waals surface area contributed by atoms with Crippen LogP contribution in [0.1, 0.15) is 0 Å². The van der Waals surface area contributed by atoms with Gasteiger partial charge in [-0.3, -0.25) is 19.5 Å². The number of ether oxygens (including phenoxy) is 1. The second-order valence-electron chi connectivity index (χ2n) is 4.76. The van der Waals surface area contributed by atoms with E-state index in [2.05, 4.69) is 4.98 Å². The summed E-state index contributed by atoms with van der Waals surface area (Å²) in [7, 11) is 1.40. The van der Waals surface area contributed by atoms with Gasteiger partial charge >= 0.3 is 0 Å². The number of para-hydroxylation sites is 1. The lowest BCUT2D eigenvalue weighted by molar-refractivity contribution is -0.384. The van der Waals surface area contributed by atoms with Crippen molar-refractivity contribution in [2.45, 2.75) is 0 Å². The SMILES string of the molecule is COc1cc(-n2c(=S)[nH]c3ccccc3c2=O)cc([N+](=O)[O-])c1. The highest BCUT2D eigenvalue weighted by atomic mass is 32.1. The molecule has 0 fully saturated rings. The van der Waals surface area contributed by atoms with E-state index >= 15 is 0 Å². The summed E-state index contributed by atoms with van der Waals surface area (Å²) in [6.45, 7) is 0. The Labute approximate surface area is 134 Å². The number of benzene rings is 2. The third kappa shape index (κ3) is 2.59. The first kappa shape index (κ1) is 14.9. The topological polar surface area (TPSA) is 90.2 Å². The highest BCUT2D eigenvalue weighted by molar-refractivity contribution is 7.71. The van der Waals surface area contributed by atoms with E-state index in [4.69, 9.17) is 17.0 Å². The van der Waals surface area contributed by atoms with Crippen LogP contribution in [0.25, 0.3) is 16.6 Å². The Hall–Kier alpha value is -3.00. The number of aromatic nitrogens is 2. The molecule has 0 bridgehead atoms. The molecule has 0 amide bonds. The minimum atomic E-state index is -0.551. The lowest BCUT2D eigenvalue weighted by Crippen LogP contribution is -2.20. The van der Waals surface area contributed by atoms with Crippen molar-refractivity contribution >= 4 is 28.8 Å². The van der Waals surface area contributed by atoms with Crippen LogP contribution in [-0.2, 0) is 0 Å². The van der Waals surface area contributed by atoms with Gasteiger partial charge < -0.3 is 9.72 Å². The highest BCUT2D eigenvalue weighted by Gasteiger charge is 2.14. The minimum Gasteiger partial charge on any atom is -0.496 e.